The molecule has 0 bridgehead atoms. The van der Waals surface area contributed by atoms with Crippen LogP contribution in [0, 0.1) is 5.82 Å². The monoisotopic (exact) mass is 372 g/mol. The second kappa shape index (κ2) is 8.19. The third-order valence-electron chi connectivity index (χ3n) is 4.90. The van der Waals surface area contributed by atoms with Gasteiger partial charge in [-0.3, -0.25) is 4.98 Å². The Hall–Kier alpha value is -3.24. The van der Waals surface area contributed by atoms with E-state index in [1.165, 1.54) is 6.07 Å². The summed E-state index contributed by atoms with van der Waals surface area (Å²) in [5, 5.41) is 2.22. The van der Waals surface area contributed by atoms with Crippen LogP contribution >= 0.6 is 0 Å². The molecule has 0 amide bonds. The summed E-state index contributed by atoms with van der Waals surface area (Å²) >= 11 is 0. The molecule has 0 spiro atoms. The number of benzene rings is 3. The molecule has 1 atom stereocenters. The van der Waals surface area contributed by atoms with Crippen molar-refractivity contribution >= 4 is 10.8 Å². The Morgan fingerprint density at radius 1 is 0.893 bits per heavy atom. The summed E-state index contributed by atoms with van der Waals surface area (Å²) in [5.41, 5.74) is 9.05. The summed E-state index contributed by atoms with van der Waals surface area (Å²) in [4.78, 5) is 4.06. The molecule has 1 heterocycles. The average Bonchev–Trinajstić information content (AvgIpc) is 2.74. The molecule has 4 heteroatoms. The molecule has 0 saturated heterocycles. The lowest BCUT2D eigenvalue weighted by molar-refractivity contribution is 0.296. The molecule has 0 aliphatic rings. The number of pyridine rings is 1. The molecule has 0 fully saturated rings. The van der Waals surface area contributed by atoms with E-state index in [-0.39, 0.29) is 18.5 Å². The van der Waals surface area contributed by atoms with Gasteiger partial charge in [-0.15, -0.1) is 0 Å². The van der Waals surface area contributed by atoms with E-state index in [9.17, 15) is 4.39 Å². The molecule has 0 saturated carbocycles. The van der Waals surface area contributed by atoms with Gasteiger partial charge >= 0.3 is 0 Å². The minimum atomic E-state index is -0.265. The van der Waals surface area contributed by atoms with Gasteiger partial charge in [-0.05, 0) is 47.0 Å². The number of nitrogens with two attached hydrogens (primary N) is 1. The number of rotatable bonds is 6. The van der Waals surface area contributed by atoms with E-state index < -0.39 is 0 Å². The highest BCUT2D eigenvalue weighted by molar-refractivity contribution is 5.87. The van der Waals surface area contributed by atoms with E-state index in [1.54, 1.807) is 24.5 Å². The van der Waals surface area contributed by atoms with Crippen molar-refractivity contribution in [1.29, 1.82) is 0 Å². The highest BCUT2D eigenvalue weighted by atomic mass is 19.1. The topological polar surface area (TPSA) is 48.1 Å². The van der Waals surface area contributed by atoms with E-state index in [1.807, 2.05) is 42.5 Å². The van der Waals surface area contributed by atoms with Gasteiger partial charge in [0.2, 0.25) is 0 Å². The zero-order valence-corrected chi connectivity index (χ0v) is 15.4. The maximum Gasteiger partial charge on any atom is 0.129 e. The number of nitrogens with zero attached hydrogens (tertiary/aromatic N) is 1. The van der Waals surface area contributed by atoms with Gasteiger partial charge in [0.05, 0.1) is 0 Å². The largest absolute Gasteiger partial charge is 0.488 e. The third kappa shape index (κ3) is 3.87. The van der Waals surface area contributed by atoms with Crippen LogP contribution < -0.4 is 10.5 Å². The van der Waals surface area contributed by atoms with Crippen LogP contribution in [0.1, 0.15) is 22.7 Å². The second-order valence-corrected chi connectivity index (χ2v) is 6.73. The summed E-state index contributed by atoms with van der Waals surface area (Å²) in [7, 11) is 0. The van der Waals surface area contributed by atoms with Crippen molar-refractivity contribution in [2.45, 2.75) is 19.1 Å². The van der Waals surface area contributed by atoms with Crippen LogP contribution in [0.25, 0.3) is 10.8 Å². The number of aromatic nitrogens is 1. The fraction of sp³-hybridized carbons (Fsp3) is 0.125. The highest BCUT2D eigenvalue weighted by Gasteiger charge is 2.15. The van der Waals surface area contributed by atoms with E-state index in [4.69, 9.17) is 10.5 Å². The molecule has 4 aromatic rings. The maximum atomic E-state index is 14.0. The Morgan fingerprint density at radius 3 is 2.46 bits per heavy atom. The lowest BCUT2D eigenvalue weighted by Crippen LogP contribution is -2.14. The van der Waals surface area contributed by atoms with Crippen LogP contribution in [-0.2, 0) is 13.0 Å². The first-order valence-corrected chi connectivity index (χ1v) is 9.24. The van der Waals surface area contributed by atoms with Gasteiger partial charge in [-0.1, -0.05) is 48.5 Å². The fourth-order valence-corrected chi connectivity index (χ4v) is 3.38. The number of halogens is 1. The minimum absolute atomic E-state index is 0.169. The van der Waals surface area contributed by atoms with Gasteiger partial charge in [0.15, 0.2) is 0 Å². The highest BCUT2D eigenvalue weighted by Crippen LogP contribution is 2.32. The van der Waals surface area contributed by atoms with E-state index in [2.05, 4.69) is 17.1 Å². The van der Waals surface area contributed by atoms with E-state index >= 15 is 0 Å². The lowest BCUT2D eigenvalue weighted by atomic mass is 9.95. The Labute approximate surface area is 163 Å². The van der Waals surface area contributed by atoms with Crippen molar-refractivity contribution in [2.75, 3.05) is 0 Å². The van der Waals surface area contributed by atoms with Gasteiger partial charge in [-0.25, -0.2) is 4.39 Å². The SMILES string of the molecule is NC(Cc1c(OCc2ccccc2F)ccc2ccccc12)c1ccncc1. The van der Waals surface area contributed by atoms with Gasteiger partial charge < -0.3 is 10.5 Å². The normalized spacial score (nSPS) is 12.1. The zero-order chi connectivity index (χ0) is 19.3. The molecule has 3 nitrogen and oxygen atoms in total. The average molecular weight is 372 g/mol. The first kappa shape index (κ1) is 18.1. The Morgan fingerprint density at radius 2 is 1.64 bits per heavy atom. The van der Waals surface area contributed by atoms with Crippen LogP contribution in [-0.4, -0.2) is 4.98 Å². The van der Waals surface area contributed by atoms with Crippen molar-refractivity contribution in [3.63, 3.8) is 0 Å². The van der Waals surface area contributed by atoms with Crippen LogP contribution in [0.2, 0.25) is 0 Å². The van der Waals surface area contributed by atoms with Crippen molar-refractivity contribution < 1.29 is 9.13 Å². The van der Waals surface area contributed by atoms with E-state index in [0.29, 0.717) is 12.0 Å². The third-order valence-corrected chi connectivity index (χ3v) is 4.90. The predicted octanol–water partition coefficient (Wildman–Crippen LogP) is 5.20. The van der Waals surface area contributed by atoms with Crippen molar-refractivity contribution in [1.82, 2.24) is 4.98 Å². The summed E-state index contributed by atoms with van der Waals surface area (Å²) in [5.74, 6) is 0.463. The molecule has 2 N–H and O–H groups in total. The molecule has 3 aromatic carbocycles. The lowest BCUT2D eigenvalue weighted by Gasteiger charge is -2.18. The number of fused-ring (bicyclic) bond motifs is 1. The van der Waals surface area contributed by atoms with Gasteiger partial charge in [0.1, 0.15) is 18.2 Å². The summed E-state index contributed by atoms with van der Waals surface area (Å²) < 4.78 is 20.0. The molecule has 0 aliphatic heterocycles. The molecular formula is C24H21FN2O. The Kier molecular flexibility index (Phi) is 5.31. The van der Waals surface area contributed by atoms with Crippen molar-refractivity contribution in [3.8, 4) is 5.75 Å². The quantitative estimate of drug-likeness (QED) is 0.506. The predicted molar refractivity (Wildman–Crippen MR) is 110 cm³/mol. The van der Waals surface area contributed by atoms with E-state index in [0.717, 1.165) is 27.6 Å². The van der Waals surface area contributed by atoms with Gasteiger partial charge in [0, 0.05) is 29.6 Å². The number of hydrogen-bond donors (Lipinski definition) is 1. The Bertz CT molecular complexity index is 1080. The Balaban J connectivity index is 1.68. The number of hydrogen-bond acceptors (Lipinski definition) is 3. The molecule has 1 unspecified atom stereocenters. The standard InChI is InChI=1S/C24H21FN2O/c25-22-8-4-2-6-19(22)16-28-24-10-9-17-5-1-3-7-20(17)21(24)15-23(26)18-11-13-27-14-12-18/h1-14,23H,15-16,26H2. The van der Waals surface area contributed by atoms with Crippen molar-refractivity contribution in [3.05, 3.63) is 108 Å². The fourth-order valence-electron chi connectivity index (χ4n) is 3.38. The minimum Gasteiger partial charge on any atom is -0.488 e. The van der Waals surface area contributed by atoms with Crippen LogP contribution in [0.4, 0.5) is 4.39 Å². The van der Waals surface area contributed by atoms with Crippen molar-refractivity contribution in [2.24, 2.45) is 5.73 Å². The maximum absolute atomic E-state index is 14.0. The molecule has 0 radical (unpaired) electrons. The first-order chi connectivity index (χ1) is 13.7. The molecule has 140 valence electrons. The molecular weight excluding hydrogens is 351 g/mol. The molecule has 28 heavy (non-hydrogen) atoms. The second-order valence-electron chi connectivity index (χ2n) is 6.73. The molecule has 4 rings (SSSR count). The van der Waals surface area contributed by atoms with Gasteiger partial charge in [-0.2, -0.15) is 0 Å². The van der Waals surface area contributed by atoms with Crippen LogP contribution in [0.15, 0.2) is 85.2 Å². The summed E-state index contributed by atoms with van der Waals surface area (Å²) in [6.45, 7) is 0.169. The molecule has 1 aromatic heterocycles. The first-order valence-electron chi connectivity index (χ1n) is 9.24. The zero-order valence-electron chi connectivity index (χ0n) is 15.4. The number of ether oxygens (including phenoxy) is 1. The van der Waals surface area contributed by atoms with Crippen LogP contribution in [0.3, 0.4) is 0 Å². The summed E-state index contributed by atoms with van der Waals surface area (Å²) in [6, 6.07) is 22.4. The molecule has 0 aliphatic carbocycles. The summed E-state index contributed by atoms with van der Waals surface area (Å²) in [6.07, 6.45) is 4.10. The smallest absolute Gasteiger partial charge is 0.129 e. The van der Waals surface area contributed by atoms with Crippen LogP contribution in [0.5, 0.6) is 5.75 Å². The van der Waals surface area contributed by atoms with Gasteiger partial charge in [0.25, 0.3) is 0 Å².